The number of nitrogens with two attached hydrogens (primary N) is 1. The van der Waals surface area contributed by atoms with Crippen molar-refractivity contribution in [3.05, 3.63) is 46.9 Å². The van der Waals surface area contributed by atoms with E-state index >= 15 is 0 Å². The van der Waals surface area contributed by atoms with Crippen LogP contribution < -0.4 is 5.73 Å². The number of benzene rings is 1. The van der Waals surface area contributed by atoms with E-state index in [4.69, 9.17) is 21.8 Å². The molecular weight excluding hydrogens is 242 g/mol. The molecule has 0 saturated heterocycles. The van der Waals surface area contributed by atoms with Crippen LogP contribution >= 0.6 is 23.4 Å². The van der Waals surface area contributed by atoms with Crippen LogP contribution in [0.4, 0.5) is 0 Å². The first kappa shape index (κ1) is 11.6. The number of aryl methyl sites for hydroxylation is 1. The topological polar surface area (TPSA) is 39.2 Å². The van der Waals surface area contributed by atoms with Crippen molar-refractivity contribution in [1.29, 1.82) is 0 Å². The zero-order valence-electron chi connectivity index (χ0n) is 8.87. The highest BCUT2D eigenvalue weighted by molar-refractivity contribution is 7.99. The Bertz CT molecular complexity index is 496. The Hall–Kier alpha value is -0.900. The fraction of sp³-hybridized carbons (Fsp3) is 0.167. The number of hydrogen-bond acceptors (Lipinski definition) is 3. The summed E-state index contributed by atoms with van der Waals surface area (Å²) >= 11 is 7.72. The molecular formula is C12H12ClNOS. The minimum atomic E-state index is 0.443. The molecule has 2 nitrogen and oxygen atoms in total. The van der Waals surface area contributed by atoms with Crippen LogP contribution in [0.15, 0.2) is 44.7 Å². The maximum atomic E-state index is 6.09. The molecule has 0 fully saturated rings. The first-order chi connectivity index (χ1) is 7.72. The number of rotatable bonds is 3. The third kappa shape index (κ3) is 2.26. The molecule has 0 radical (unpaired) electrons. The summed E-state index contributed by atoms with van der Waals surface area (Å²) < 4.78 is 5.26. The van der Waals surface area contributed by atoms with Gasteiger partial charge in [0.05, 0.1) is 11.2 Å². The Kier molecular flexibility index (Phi) is 3.59. The SMILES string of the molecule is Cc1occc1Sc1cccc(Cl)c1CN. The first-order valence-electron chi connectivity index (χ1n) is 4.91. The quantitative estimate of drug-likeness (QED) is 0.903. The van der Waals surface area contributed by atoms with Gasteiger partial charge in [-0.3, -0.25) is 0 Å². The van der Waals surface area contributed by atoms with Gasteiger partial charge in [-0.25, -0.2) is 0 Å². The molecule has 4 heteroatoms. The molecule has 16 heavy (non-hydrogen) atoms. The zero-order chi connectivity index (χ0) is 11.5. The van der Waals surface area contributed by atoms with E-state index in [0.29, 0.717) is 11.6 Å². The number of halogens is 1. The Balaban J connectivity index is 2.35. The third-order valence-electron chi connectivity index (χ3n) is 2.31. The van der Waals surface area contributed by atoms with E-state index in [1.807, 2.05) is 31.2 Å². The number of furan rings is 1. The summed E-state index contributed by atoms with van der Waals surface area (Å²) in [5, 5.41) is 0.716. The number of hydrogen-bond donors (Lipinski definition) is 1. The largest absolute Gasteiger partial charge is 0.468 e. The van der Waals surface area contributed by atoms with Gasteiger partial charge in [0.1, 0.15) is 5.76 Å². The van der Waals surface area contributed by atoms with Gasteiger partial charge in [-0.15, -0.1) is 0 Å². The van der Waals surface area contributed by atoms with Crippen LogP contribution in [0.25, 0.3) is 0 Å². The van der Waals surface area contributed by atoms with Gasteiger partial charge in [0, 0.05) is 16.5 Å². The second-order valence-corrected chi connectivity index (χ2v) is 4.85. The molecule has 0 aliphatic carbocycles. The highest BCUT2D eigenvalue weighted by Gasteiger charge is 2.09. The van der Waals surface area contributed by atoms with E-state index in [1.54, 1.807) is 18.0 Å². The standard InChI is InChI=1S/C12H12ClNOS/c1-8-11(5-6-15-8)16-12-4-2-3-10(13)9(12)7-14/h2-6H,7,14H2,1H3. The smallest absolute Gasteiger partial charge is 0.114 e. The van der Waals surface area contributed by atoms with Crippen molar-refractivity contribution in [2.24, 2.45) is 5.73 Å². The van der Waals surface area contributed by atoms with E-state index in [2.05, 4.69) is 0 Å². The van der Waals surface area contributed by atoms with Crippen molar-refractivity contribution < 1.29 is 4.42 Å². The van der Waals surface area contributed by atoms with Crippen molar-refractivity contribution in [1.82, 2.24) is 0 Å². The van der Waals surface area contributed by atoms with Crippen LogP contribution in [0.5, 0.6) is 0 Å². The van der Waals surface area contributed by atoms with Crippen molar-refractivity contribution >= 4 is 23.4 Å². The lowest BCUT2D eigenvalue weighted by Crippen LogP contribution is -1.99. The maximum Gasteiger partial charge on any atom is 0.114 e. The molecule has 0 aliphatic heterocycles. The predicted molar refractivity (Wildman–Crippen MR) is 66.9 cm³/mol. The third-order valence-corrected chi connectivity index (χ3v) is 3.91. The van der Waals surface area contributed by atoms with Crippen molar-refractivity contribution in [3.8, 4) is 0 Å². The molecule has 0 saturated carbocycles. The highest BCUT2D eigenvalue weighted by atomic mass is 35.5. The molecule has 0 bridgehead atoms. The normalized spacial score (nSPS) is 10.7. The molecule has 0 unspecified atom stereocenters. The van der Waals surface area contributed by atoms with Crippen molar-refractivity contribution in [2.45, 2.75) is 23.3 Å². The molecule has 2 N–H and O–H groups in total. The second-order valence-electron chi connectivity index (χ2n) is 3.36. The van der Waals surface area contributed by atoms with Crippen LogP contribution in [0.2, 0.25) is 5.02 Å². The summed E-state index contributed by atoms with van der Waals surface area (Å²) in [4.78, 5) is 2.18. The second kappa shape index (κ2) is 4.95. The Morgan fingerprint density at radius 2 is 2.12 bits per heavy atom. The van der Waals surface area contributed by atoms with Crippen LogP contribution in [-0.4, -0.2) is 0 Å². The summed E-state index contributed by atoms with van der Waals surface area (Å²) in [6.45, 7) is 2.38. The molecule has 1 aromatic heterocycles. The van der Waals surface area contributed by atoms with Gasteiger partial charge in [0.15, 0.2) is 0 Å². The fourth-order valence-corrected chi connectivity index (χ4v) is 2.75. The summed E-state index contributed by atoms with van der Waals surface area (Å²) in [7, 11) is 0. The lowest BCUT2D eigenvalue weighted by atomic mass is 10.2. The van der Waals surface area contributed by atoms with E-state index in [-0.39, 0.29) is 0 Å². The van der Waals surface area contributed by atoms with Gasteiger partial charge < -0.3 is 10.2 Å². The molecule has 1 aromatic carbocycles. The fourth-order valence-electron chi connectivity index (χ4n) is 1.43. The van der Waals surface area contributed by atoms with Gasteiger partial charge in [0.2, 0.25) is 0 Å². The van der Waals surface area contributed by atoms with E-state index in [0.717, 1.165) is 21.1 Å². The molecule has 0 atom stereocenters. The summed E-state index contributed by atoms with van der Waals surface area (Å²) in [5.41, 5.74) is 6.68. The molecule has 0 amide bonds. The summed E-state index contributed by atoms with van der Waals surface area (Å²) in [6.07, 6.45) is 1.68. The molecule has 2 aromatic rings. The summed E-state index contributed by atoms with van der Waals surface area (Å²) in [5.74, 6) is 0.910. The van der Waals surface area contributed by atoms with Gasteiger partial charge in [0.25, 0.3) is 0 Å². The molecule has 84 valence electrons. The highest BCUT2D eigenvalue weighted by Crippen LogP contribution is 2.35. The van der Waals surface area contributed by atoms with Crippen LogP contribution in [-0.2, 0) is 6.54 Å². The monoisotopic (exact) mass is 253 g/mol. The lowest BCUT2D eigenvalue weighted by Gasteiger charge is -2.08. The van der Waals surface area contributed by atoms with E-state index in [1.165, 1.54) is 0 Å². The van der Waals surface area contributed by atoms with Gasteiger partial charge in [-0.05, 0) is 30.7 Å². The Morgan fingerprint density at radius 1 is 1.31 bits per heavy atom. The molecule has 2 rings (SSSR count). The van der Waals surface area contributed by atoms with Crippen LogP contribution in [0, 0.1) is 6.92 Å². The van der Waals surface area contributed by atoms with Gasteiger partial charge in [-0.1, -0.05) is 29.4 Å². The van der Waals surface area contributed by atoms with Gasteiger partial charge in [-0.2, -0.15) is 0 Å². The summed E-state index contributed by atoms with van der Waals surface area (Å²) in [6, 6.07) is 7.75. The van der Waals surface area contributed by atoms with Crippen molar-refractivity contribution in [3.63, 3.8) is 0 Å². The average Bonchev–Trinajstić information content (AvgIpc) is 2.65. The van der Waals surface area contributed by atoms with Gasteiger partial charge >= 0.3 is 0 Å². The minimum Gasteiger partial charge on any atom is -0.468 e. The molecule has 0 spiro atoms. The zero-order valence-corrected chi connectivity index (χ0v) is 10.4. The first-order valence-corrected chi connectivity index (χ1v) is 6.11. The molecule has 1 heterocycles. The Labute approximate surface area is 104 Å². The van der Waals surface area contributed by atoms with E-state index < -0.39 is 0 Å². The van der Waals surface area contributed by atoms with Crippen LogP contribution in [0.1, 0.15) is 11.3 Å². The van der Waals surface area contributed by atoms with Crippen molar-refractivity contribution in [2.75, 3.05) is 0 Å². The molecule has 0 aliphatic rings. The maximum absolute atomic E-state index is 6.09. The average molecular weight is 254 g/mol. The minimum absolute atomic E-state index is 0.443. The lowest BCUT2D eigenvalue weighted by molar-refractivity contribution is 0.527. The Morgan fingerprint density at radius 3 is 2.75 bits per heavy atom. The van der Waals surface area contributed by atoms with Crippen LogP contribution in [0.3, 0.4) is 0 Å². The van der Waals surface area contributed by atoms with E-state index in [9.17, 15) is 0 Å². The predicted octanol–water partition coefficient (Wildman–Crippen LogP) is 3.85.